The number of ether oxygens (including phenoxy) is 1. The van der Waals surface area contributed by atoms with E-state index in [4.69, 9.17) is 16.3 Å². The Kier molecular flexibility index (Phi) is 6.01. The van der Waals surface area contributed by atoms with Gasteiger partial charge in [0.2, 0.25) is 0 Å². The van der Waals surface area contributed by atoms with E-state index in [-0.39, 0.29) is 27.7 Å². The summed E-state index contributed by atoms with van der Waals surface area (Å²) in [4.78, 5) is 49.1. The summed E-state index contributed by atoms with van der Waals surface area (Å²) in [7, 11) is 0. The predicted octanol–water partition coefficient (Wildman–Crippen LogP) is 4.29. The van der Waals surface area contributed by atoms with Crippen LogP contribution in [0.1, 0.15) is 20.7 Å². The maximum atomic E-state index is 13.2. The molecule has 0 bridgehead atoms. The molecule has 0 spiro atoms. The second kappa shape index (κ2) is 9.05. The van der Waals surface area contributed by atoms with Crippen molar-refractivity contribution >= 4 is 47.0 Å². The SMILES string of the molecule is O=Cc1ccc(OC(=O)c2ccc(NC3=C(Cl)C(=O)N(c4ccc(F)cc4)C3=O)cc2)cc1. The fourth-order valence-corrected chi connectivity index (χ4v) is 3.26. The summed E-state index contributed by atoms with van der Waals surface area (Å²) in [5.41, 5.74) is 1.13. The third-order valence-electron chi connectivity index (χ3n) is 4.73. The van der Waals surface area contributed by atoms with Crippen LogP contribution >= 0.6 is 11.6 Å². The molecule has 0 atom stereocenters. The fourth-order valence-electron chi connectivity index (χ4n) is 3.05. The molecule has 0 aliphatic carbocycles. The zero-order valence-corrected chi connectivity index (χ0v) is 17.5. The molecule has 3 aromatic carbocycles. The lowest BCUT2D eigenvalue weighted by Crippen LogP contribution is -2.32. The van der Waals surface area contributed by atoms with Crippen molar-refractivity contribution in [3.05, 3.63) is 100 Å². The van der Waals surface area contributed by atoms with Crippen LogP contribution in [0, 0.1) is 5.82 Å². The summed E-state index contributed by atoms with van der Waals surface area (Å²) in [5, 5.41) is 2.47. The molecule has 0 saturated heterocycles. The minimum atomic E-state index is -0.739. The van der Waals surface area contributed by atoms with Gasteiger partial charge in [-0.2, -0.15) is 0 Å². The molecule has 0 unspecified atom stereocenters. The van der Waals surface area contributed by atoms with E-state index in [2.05, 4.69) is 5.32 Å². The Morgan fingerprint density at radius 1 is 0.909 bits per heavy atom. The Morgan fingerprint density at radius 2 is 1.55 bits per heavy atom. The average Bonchev–Trinajstić information content (AvgIpc) is 3.04. The Balaban J connectivity index is 1.46. The van der Waals surface area contributed by atoms with Crippen molar-refractivity contribution in [1.82, 2.24) is 0 Å². The number of benzene rings is 3. The Bertz CT molecular complexity index is 1290. The van der Waals surface area contributed by atoms with E-state index < -0.39 is 23.6 Å². The van der Waals surface area contributed by atoms with Crippen molar-refractivity contribution in [3.63, 3.8) is 0 Å². The van der Waals surface area contributed by atoms with E-state index in [1.807, 2.05) is 0 Å². The summed E-state index contributed by atoms with van der Waals surface area (Å²) in [5.74, 6) is -2.28. The van der Waals surface area contributed by atoms with Gasteiger partial charge in [-0.1, -0.05) is 11.6 Å². The van der Waals surface area contributed by atoms with Crippen LogP contribution in [-0.2, 0) is 9.59 Å². The van der Waals surface area contributed by atoms with E-state index in [0.717, 1.165) is 17.0 Å². The van der Waals surface area contributed by atoms with Crippen LogP contribution in [0.3, 0.4) is 0 Å². The van der Waals surface area contributed by atoms with Crippen LogP contribution < -0.4 is 15.0 Å². The molecule has 0 saturated carbocycles. The van der Waals surface area contributed by atoms with Gasteiger partial charge in [-0.15, -0.1) is 0 Å². The lowest BCUT2D eigenvalue weighted by molar-refractivity contribution is -0.120. The molecular weight excluding hydrogens is 451 g/mol. The average molecular weight is 465 g/mol. The molecule has 0 fully saturated rings. The number of nitrogens with zero attached hydrogens (tertiary/aromatic N) is 1. The van der Waals surface area contributed by atoms with Crippen molar-refractivity contribution in [2.45, 2.75) is 0 Å². The van der Waals surface area contributed by atoms with E-state index in [0.29, 0.717) is 17.5 Å². The number of carbonyl (C=O) groups is 4. The minimum absolute atomic E-state index is 0.142. The minimum Gasteiger partial charge on any atom is -0.423 e. The third-order valence-corrected chi connectivity index (χ3v) is 5.08. The zero-order valence-electron chi connectivity index (χ0n) is 16.7. The first-order chi connectivity index (χ1) is 15.9. The molecule has 0 radical (unpaired) electrons. The van der Waals surface area contributed by atoms with Crippen molar-refractivity contribution in [2.24, 2.45) is 0 Å². The number of rotatable bonds is 6. The molecule has 1 heterocycles. The molecule has 4 rings (SSSR count). The number of hydrogen-bond donors (Lipinski definition) is 1. The van der Waals surface area contributed by atoms with Gasteiger partial charge in [-0.05, 0) is 72.8 Å². The fraction of sp³-hybridized carbons (Fsp3) is 0. The van der Waals surface area contributed by atoms with E-state index in [1.54, 1.807) is 0 Å². The van der Waals surface area contributed by atoms with Crippen molar-refractivity contribution < 1.29 is 28.3 Å². The van der Waals surface area contributed by atoms with Crippen molar-refractivity contribution in [3.8, 4) is 5.75 Å². The van der Waals surface area contributed by atoms with Crippen LogP contribution in [0.15, 0.2) is 83.5 Å². The van der Waals surface area contributed by atoms with Crippen LogP contribution in [-0.4, -0.2) is 24.1 Å². The van der Waals surface area contributed by atoms with Gasteiger partial charge in [0.15, 0.2) is 0 Å². The molecule has 164 valence electrons. The highest BCUT2D eigenvalue weighted by Crippen LogP contribution is 2.30. The quantitative estimate of drug-likeness (QED) is 0.253. The number of carbonyl (C=O) groups excluding carboxylic acids is 4. The molecule has 2 amide bonds. The van der Waals surface area contributed by atoms with Gasteiger partial charge in [0.25, 0.3) is 11.8 Å². The first-order valence-electron chi connectivity index (χ1n) is 9.56. The molecule has 3 aromatic rings. The number of imide groups is 1. The largest absolute Gasteiger partial charge is 0.423 e. The molecule has 7 nitrogen and oxygen atoms in total. The monoisotopic (exact) mass is 464 g/mol. The highest BCUT2D eigenvalue weighted by molar-refractivity contribution is 6.53. The van der Waals surface area contributed by atoms with E-state index in [1.165, 1.54) is 60.7 Å². The van der Waals surface area contributed by atoms with Crippen LogP contribution in [0.25, 0.3) is 0 Å². The summed E-state index contributed by atoms with van der Waals surface area (Å²) < 4.78 is 18.4. The zero-order chi connectivity index (χ0) is 23.5. The number of amides is 2. The highest BCUT2D eigenvalue weighted by atomic mass is 35.5. The molecule has 1 aliphatic rings. The first kappa shape index (κ1) is 21.9. The van der Waals surface area contributed by atoms with Gasteiger partial charge < -0.3 is 10.1 Å². The number of esters is 1. The number of anilines is 2. The first-order valence-corrected chi connectivity index (χ1v) is 9.94. The predicted molar refractivity (Wildman–Crippen MR) is 119 cm³/mol. The van der Waals surface area contributed by atoms with Gasteiger partial charge in [-0.3, -0.25) is 14.4 Å². The molecule has 33 heavy (non-hydrogen) atoms. The normalized spacial score (nSPS) is 13.3. The highest BCUT2D eigenvalue weighted by Gasteiger charge is 2.38. The maximum absolute atomic E-state index is 13.2. The van der Waals surface area contributed by atoms with Gasteiger partial charge in [0.05, 0.1) is 11.3 Å². The maximum Gasteiger partial charge on any atom is 0.343 e. The Morgan fingerprint density at radius 3 is 2.15 bits per heavy atom. The summed E-state index contributed by atoms with van der Waals surface area (Å²) in [6, 6.07) is 16.9. The molecule has 0 aromatic heterocycles. The van der Waals surface area contributed by atoms with E-state index >= 15 is 0 Å². The molecule has 1 N–H and O–H groups in total. The summed E-state index contributed by atoms with van der Waals surface area (Å²) >= 11 is 6.08. The number of halogens is 2. The third kappa shape index (κ3) is 4.51. The number of hydrogen-bond acceptors (Lipinski definition) is 6. The van der Waals surface area contributed by atoms with Gasteiger partial charge in [0, 0.05) is 11.3 Å². The lowest BCUT2D eigenvalue weighted by atomic mass is 10.2. The Hall–Kier alpha value is -4.30. The van der Waals surface area contributed by atoms with Crippen LogP contribution in [0.5, 0.6) is 5.75 Å². The molecule has 1 aliphatic heterocycles. The van der Waals surface area contributed by atoms with E-state index in [9.17, 15) is 23.6 Å². The summed E-state index contributed by atoms with van der Waals surface area (Å²) in [6.07, 6.45) is 0.681. The van der Waals surface area contributed by atoms with Gasteiger partial charge in [-0.25, -0.2) is 14.1 Å². The van der Waals surface area contributed by atoms with Crippen LogP contribution in [0.2, 0.25) is 0 Å². The van der Waals surface area contributed by atoms with Crippen LogP contribution in [0.4, 0.5) is 15.8 Å². The number of nitrogens with one attached hydrogen (secondary N) is 1. The smallest absolute Gasteiger partial charge is 0.343 e. The molecular formula is C24H14ClFN2O5. The second-order valence-electron chi connectivity index (χ2n) is 6.89. The van der Waals surface area contributed by atoms with Crippen molar-refractivity contribution in [1.29, 1.82) is 0 Å². The van der Waals surface area contributed by atoms with Crippen molar-refractivity contribution in [2.75, 3.05) is 10.2 Å². The Labute approximate surface area is 192 Å². The van der Waals surface area contributed by atoms with Gasteiger partial charge in [0.1, 0.15) is 28.6 Å². The summed E-state index contributed by atoms with van der Waals surface area (Å²) in [6.45, 7) is 0. The molecule has 9 heteroatoms. The lowest BCUT2D eigenvalue weighted by Gasteiger charge is -2.15. The second-order valence-corrected chi connectivity index (χ2v) is 7.27. The number of aldehydes is 1. The topological polar surface area (TPSA) is 92.8 Å². The standard InChI is InChI=1S/C24H14ClFN2O5/c25-20-21(23(31)28(22(20)30)18-9-5-16(26)6-10-18)27-17-7-3-15(4-8-17)24(32)33-19-11-1-14(13-29)2-12-19/h1-13,27H. The van der Waals surface area contributed by atoms with Gasteiger partial charge >= 0.3 is 5.97 Å².